The summed E-state index contributed by atoms with van der Waals surface area (Å²) in [5, 5.41) is 5.98. The summed E-state index contributed by atoms with van der Waals surface area (Å²) in [6, 6.07) is 7.39. The monoisotopic (exact) mass is 310 g/mol. The molecule has 1 aliphatic rings. The van der Waals surface area contributed by atoms with Crippen LogP contribution in [0.3, 0.4) is 0 Å². The van der Waals surface area contributed by atoms with Crippen LogP contribution in [-0.2, 0) is 14.6 Å². The van der Waals surface area contributed by atoms with Crippen LogP contribution in [0.1, 0.15) is 31.7 Å². The van der Waals surface area contributed by atoms with Crippen molar-refractivity contribution in [2.75, 3.05) is 23.4 Å². The van der Waals surface area contributed by atoms with Gasteiger partial charge in [-0.2, -0.15) is 0 Å². The van der Waals surface area contributed by atoms with Crippen molar-refractivity contribution in [1.82, 2.24) is 5.32 Å². The number of carbonyl (C=O) groups excluding carboxylic acids is 1. The van der Waals surface area contributed by atoms with E-state index in [0.717, 1.165) is 11.3 Å². The molecular formula is C15H22N2O3S. The Balaban J connectivity index is 1.99. The van der Waals surface area contributed by atoms with E-state index in [0.29, 0.717) is 12.5 Å². The molecule has 116 valence electrons. The second-order valence-electron chi connectivity index (χ2n) is 5.76. The summed E-state index contributed by atoms with van der Waals surface area (Å²) in [6.07, 6.45) is 0.172. The molecule has 1 amide bonds. The molecular weight excluding hydrogens is 288 g/mol. The number of hydrogen-bond acceptors (Lipinski definition) is 4. The van der Waals surface area contributed by atoms with Gasteiger partial charge >= 0.3 is 0 Å². The van der Waals surface area contributed by atoms with Gasteiger partial charge in [0.25, 0.3) is 0 Å². The highest BCUT2D eigenvalue weighted by molar-refractivity contribution is 7.91. The molecule has 6 heteroatoms. The summed E-state index contributed by atoms with van der Waals surface area (Å²) in [7, 11) is -3.01. The highest BCUT2D eigenvalue weighted by Gasteiger charge is 2.26. The third-order valence-electron chi connectivity index (χ3n) is 3.59. The van der Waals surface area contributed by atoms with Crippen molar-refractivity contribution in [3.05, 3.63) is 29.8 Å². The van der Waals surface area contributed by atoms with Gasteiger partial charge in [-0.3, -0.25) is 4.79 Å². The molecule has 1 saturated heterocycles. The van der Waals surface area contributed by atoms with E-state index in [1.807, 2.05) is 24.3 Å². The van der Waals surface area contributed by atoms with Crippen LogP contribution >= 0.6 is 0 Å². The highest BCUT2D eigenvalue weighted by Crippen LogP contribution is 2.23. The van der Waals surface area contributed by atoms with Crippen molar-refractivity contribution in [3.8, 4) is 0 Å². The lowest BCUT2D eigenvalue weighted by Gasteiger charge is -2.23. The summed E-state index contributed by atoms with van der Waals surface area (Å²) >= 11 is 0. The molecule has 2 rings (SSSR count). The van der Waals surface area contributed by atoms with Crippen LogP contribution in [0.15, 0.2) is 24.3 Å². The molecule has 1 aromatic carbocycles. The highest BCUT2D eigenvalue weighted by atomic mass is 32.2. The first-order valence-corrected chi connectivity index (χ1v) is 9.02. The lowest BCUT2D eigenvalue weighted by atomic mass is 10.0. The van der Waals surface area contributed by atoms with E-state index < -0.39 is 9.84 Å². The molecule has 1 fully saturated rings. The van der Waals surface area contributed by atoms with Gasteiger partial charge in [0.2, 0.25) is 5.91 Å². The lowest BCUT2D eigenvalue weighted by molar-refractivity contribution is -0.116. The van der Waals surface area contributed by atoms with Crippen LogP contribution < -0.4 is 10.6 Å². The number of nitrogens with one attached hydrogen (secondary N) is 2. The van der Waals surface area contributed by atoms with Crippen molar-refractivity contribution in [2.24, 2.45) is 0 Å². The minimum atomic E-state index is -3.01. The maximum absolute atomic E-state index is 12.1. The predicted molar refractivity (Wildman–Crippen MR) is 84.2 cm³/mol. The first kappa shape index (κ1) is 16.0. The van der Waals surface area contributed by atoms with Crippen LogP contribution in [0.5, 0.6) is 0 Å². The molecule has 0 radical (unpaired) electrons. The van der Waals surface area contributed by atoms with Gasteiger partial charge in [0.15, 0.2) is 9.84 Å². The molecule has 0 spiro atoms. The Kier molecular flexibility index (Phi) is 5.00. The fourth-order valence-corrected chi connectivity index (χ4v) is 3.98. The van der Waals surface area contributed by atoms with Gasteiger partial charge in [0.1, 0.15) is 0 Å². The average Bonchev–Trinajstić information content (AvgIpc) is 2.37. The zero-order chi connectivity index (χ0) is 15.5. The van der Waals surface area contributed by atoms with E-state index >= 15 is 0 Å². The molecule has 1 aromatic rings. The Morgan fingerprint density at radius 1 is 1.38 bits per heavy atom. The quantitative estimate of drug-likeness (QED) is 0.884. The SMILES string of the molecule is CC(C)c1ccccc1NC(=O)CC1CS(=O)(=O)CCN1. The summed E-state index contributed by atoms with van der Waals surface area (Å²) in [4.78, 5) is 12.1. The Morgan fingerprint density at radius 3 is 2.76 bits per heavy atom. The van der Waals surface area contributed by atoms with Crippen molar-refractivity contribution in [3.63, 3.8) is 0 Å². The van der Waals surface area contributed by atoms with Crippen molar-refractivity contribution in [1.29, 1.82) is 0 Å². The van der Waals surface area contributed by atoms with Crippen LogP contribution in [0.25, 0.3) is 0 Å². The van der Waals surface area contributed by atoms with Gasteiger partial charge in [-0.15, -0.1) is 0 Å². The molecule has 0 saturated carbocycles. The predicted octanol–water partition coefficient (Wildman–Crippen LogP) is 1.53. The number of sulfone groups is 1. The number of benzene rings is 1. The van der Waals surface area contributed by atoms with Crippen molar-refractivity contribution in [2.45, 2.75) is 32.2 Å². The van der Waals surface area contributed by atoms with E-state index in [1.165, 1.54) is 0 Å². The largest absolute Gasteiger partial charge is 0.326 e. The average molecular weight is 310 g/mol. The fourth-order valence-electron chi connectivity index (χ4n) is 2.54. The van der Waals surface area contributed by atoms with E-state index in [-0.39, 0.29) is 29.9 Å². The minimum absolute atomic E-state index is 0.0340. The molecule has 0 aromatic heterocycles. The first-order valence-electron chi connectivity index (χ1n) is 7.20. The molecule has 1 atom stereocenters. The molecule has 1 heterocycles. The summed E-state index contributed by atoms with van der Waals surface area (Å²) in [5.41, 5.74) is 1.88. The third kappa shape index (κ3) is 4.54. The number of rotatable bonds is 4. The Labute approximate surface area is 126 Å². The Bertz CT molecular complexity index is 611. The molecule has 21 heavy (non-hydrogen) atoms. The van der Waals surface area contributed by atoms with Crippen LogP contribution in [0.4, 0.5) is 5.69 Å². The standard InChI is InChI=1S/C15H22N2O3S/c1-11(2)13-5-3-4-6-14(13)17-15(18)9-12-10-21(19,20)8-7-16-12/h3-6,11-12,16H,7-10H2,1-2H3,(H,17,18). The fraction of sp³-hybridized carbons (Fsp3) is 0.533. The molecule has 5 nitrogen and oxygen atoms in total. The molecule has 2 N–H and O–H groups in total. The maximum atomic E-state index is 12.1. The van der Waals surface area contributed by atoms with E-state index in [1.54, 1.807) is 0 Å². The smallest absolute Gasteiger partial charge is 0.225 e. The third-order valence-corrected chi connectivity index (χ3v) is 5.33. The Morgan fingerprint density at radius 2 is 2.10 bits per heavy atom. The number of anilines is 1. The van der Waals surface area contributed by atoms with E-state index in [9.17, 15) is 13.2 Å². The first-order chi connectivity index (χ1) is 9.87. The van der Waals surface area contributed by atoms with Crippen LogP contribution in [0.2, 0.25) is 0 Å². The van der Waals surface area contributed by atoms with Gasteiger partial charge in [-0.25, -0.2) is 8.42 Å². The van der Waals surface area contributed by atoms with Gasteiger partial charge in [0, 0.05) is 24.7 Å². The number of carbonyl (C=O) groups is 1. The number of hydrogen-bond donors (Lipinski definition) is 2. The summed E-state index contributed by atoms with van der Waals surface area (Å²) in [5.74, 6) is 0.348. The van der Waals surface area contributed by atoms with Gasteiger partial charge < -0.3 is 10.6 Å². The zero-order valence-corrected chi connectivity index (χ0v) is 13.2. The molecule has 0 aliphatic carbocycles. The molecule has 1 unspecified atom stereocenters. The van der Waals surface area contributed by atoms with Crippen molar-refractivity contribution >= 4 is 21.4 Å². The normalized spacial score (nSPS) is 21.2. The molecule has 0 bridgehead atoms. The summed E-state index contributed by atoms with van der Waals surface area (Å²) < 4.78 is 23.1. The lowest BCUT2D eigenvalue weighted by Crippen LogP contribution is -2.46. The number of para-hydroxylation sites is 1. The summed E-state index contributed by atoms with van der Waals surface area (Å²) in [6.45, 7) is 4.56. The zero-order valence-electron chi connectivity index (χ0n) is 12.4. The van der Waals surface area contributed by atoms with E-state index in [4.69, 9.17) is 0 Å². The van der Waals surface area contributed by atoms with Gasteiger partial charge in [-0.05, 0) is 17.5 Å². The maximum Gasteiger partial charge on any atom is 0.225 e. The van der Waals surface area contributed by atoms with Gasteiger partial charge in [-0.1, -0.05) is 32.0 Å². The van der Waals surface area contributed by atoms with E-state index in [2.05, 4.69) is 24.5 Å². The number of amides is 1. The Hall–Kier alpha value is -1.40. The second kappa shape index (κ2) is 6.58. The molecule has 1 aliphatic heterocycles. The second-order valence-corrected chi connectivity index (χ2v) is 7.99. The van der Waals surface area contributed by atoms with Gasteiger partial charge in [0.05, 0.1) is 11.5 Å². The minimum Gasteiger partial charge on any atom is -0.326 e. The van der Waals surface area contributed by atoms with Crippen molar-refractivity contribution < 1.29 is 13.2 Å². The topological polar surface area (TPSA) is 75.3 Å². The van der Waals surface area contributed by atoms with Crippen LogP contribution in [-0.4, -0.2) is 38.4 Å². The van der Waals surface area contributed by atoms with Crippen LogP contribution in [0, 0.1) is 0 Å².